The molecule has 0 spiro atoms. The molecule has 0 unspecified atom stereocenters. The molecule has 0 atom stereocenters. The van der Waals surface area contributed by atoms with Gasteiger partial charge in [-0.25, -0.2) is 4.98 Å². The van der Waals surface area contributed by atoms with Crippen LogP contribution in [0.1, 0.15) is 0 Å². The second kappa shape index (κ2) is 5.79. The number of hydrogen-bond donors (Lipinski definition) is 1. The standard InChI is InChI=1S/C11H15N3OS/c12-3-7-15-8-6-14-5-4-13-11(14)10-2-1-9-16-10/h1-2,4-5,9H,3,6-8,12H2. The van der Waals surface area contributed by atoms with E-state index in [1.165, 1.54) is 4.88 Å². The molecular weight excluding hydrogens is 222 g/mol. The van der Waals surface area contributed by atoms with Crippen LogP contribution in [0.4, 0.5) is 0 Å². The largest absolute Gasteiger partial charge is 0.378 e. The van der Waals surface area contributed by atoms with Crippen LogP contribution in [-0.2, 0) is 11.3 Å². The summed E-state index contributed by atoms with van der Waals surface area (Å²) in [4.78, 5) is 5.53. The van der Waals surface area contributed by atoms with Gasteiger partial charge in [-0.05, 0) is 11.4 Å². The van der Waals surface area contributed by atoms with Gasteiger partial charge in [0.2, 0.25) is 0 Å². The van der Waals surface area contributed by atoms with E-state index in [4.69, 9.17) is 10.5 Å². The molecule has 0 radical (unpaired) electrons. The zero-order valence-electron chi connectivity index (χ0n) is 9.00. The molecule has 2 N–H and O–H groups in total. The van der Waals surface area contributed by atoms with Gasteiger partial charge in [-0.15, -0.1) is 11.3 Å². The second-order valence-corrected chi connectivity index (χ2v) is 4.27. The first-order valence-corrected chi connectivity index (χ1v) is 6.12. The number of imidazole rings is 1. The maximum absolute atomic E-state index is 5.36. The van der Waals surface area contributed by atoms with Crippen molar-refractivity contribution in [2.24, 2.45) is 5.73 Å². The van der Waals surface area contributed by atoms with Crippen LogP contribution in [-0.4, -0.2) is 29.3 Å². The molecule has 0 saturated carbocycles. The van der Waals surface area contributed by atoms with Crippen molar-refractivity contribution in [2.75, 3.05) is 19.8 Å². The normalized spacial score (nSPS) is 10.8. The number of rotatable bonds is 6. The number of nitrogens with two attached hydrogens (primary N) is 1. The fourth-order valence-electron chi connectivity index (χ4n) is 1.47. The van der Waals surface area contributed by atoms with Gasteiger partial charge in [0.25, 0.3) is 0 Å². The van der Waals surface area contributed by atoms with Crippen molar-refractivity contribution in [2.45, 2.75) is 6.54 Å². The number of thiophene rings is 1. The van der Waals surface area contributed by atoms with E-state index in [0.717, 1.165) is 12.4 Å². The first-order chi connectivity index (χ1) is 7.92. The zero-order valence-corrected chi connectivity index (χ0v) is 9.82. The fraction of sp³-hybridized carbons (Fsp3) is 0.364. The van der Waals surface area contributed by atoms with E-state index in [1.54, 1.807) is 11.3 Å². The zero-order chi connectivity index (χ0) is 11.2. The van der Waals surface area contributed by atoms with E-state index in [0.29, 0.717) is 19.8 Å². The van der Waals surface area contributed by atoms with Crippen molar-refractivity contribution in [3.63, 3.8) is 0 Å². The summed E-state index contributed by atoms with van der Waals surface area (Å²) in [6.07, 6.45) is 3.79. The predicted octanol–water partition coefficient (Wildman–Crippen LogP) is 1.59. The maximum atomic E-state index is 5.36. The number of ether oxygens (including phenoxy) is 1. The average Bonchev–Trinajstić information content (AvgIpc) is 2.94. The lowest BCUT2D eigenvalue weighted by Gasteiger charge is -2.06. The molecule has 2 aromatic rings. The summed E-state index contributed by atoms with van der Waals surface area (Å²) in [5, 5.41) is 2.05. The number of aromatic nitrogens is 2. The molecule has 0 aliphatic carbocycles. The molecule has 86 valence electrons. The van der Waals surface area contributed by atoms with E-state index >= 15 is 0 Å². The first kappa shape index (κ1) is 11.3. The van der Waals surface area contributed by atoms with Crippen molar-refractivity contribution in [3.8, 4) is 10.7 Å². The van der Waals surface area contributed by atoms with Gasteiger partial charge >= 0.3 is 0 Å². The summed E-state index contributed by atoms with van der Waals surface area (Å²) < 4.78 is 7.46. The van der Waals surface area contributed by atoms with Gasteiger partial charge in [0.05, 0.1) is 18.1 Å². The SMILES string of the molecule is NCCOCCn1ccnc1-c1cccs1. The van der Waals surface area contributed by atoms with Gasteiger partial charge in [-0.3, -0.25) is 0 Å². The van der Waals surface area contributed by atoms with Gasteiger partial charge in [-0.2, -0.15) is 0 Å². The molecule has 0 amide bonds. The third-order valence-electron chi connectivity index (χ3n) is 2.20. The smallest absolute Gasteiger partial charge is 0.150 e. The fourth-order valence-corrected chi connectivity index (χ4v) is 2.21. The highest BCUT2D eigenvalue weighted by molar-refractivity contribution is 7.13. The molecule has 2 heterocycles. The van der Waals surface area contributed by atoms with E-state index in [2.05, 4.69) is 21.0 Å². The Kier molecular flexibility index (Phi) is 4.10. The van der Waals surface area contributed by atoms with Crippen LogP contribution in [0, 0.1) is 0 Å². The van der Waals surface area contributed by atoms with Crippen LogP contribution in [0.5, 0.6) is 0 Å². The Labute approximate surface area is 98.7 Å². The topological polar surface area (TPSA) is 53.1 Å². The Balaban J connectivity index is 1.97. The Morgan fingerprint density at radius 3 is 3.12 bits per heavy atom. The van der Waals surface area contributed by atoms with Crippen LogP contribution in [0.3, 0.4) is 0 Å². The molecule has 16 heavy (non-hydrogen) atoms. The van der Waals surface area contributed by atoms with Gasteiger partial charge < -0.3 is 15.0 Å². The van der Waals surface area contributed by atoms with Gasteiger partial charge in [0, 0.05) is 25.5 Å². The molecule has 4 nitrogen and oxygen atoms in total. The van der Waals surface area contributed by atoms with Crippen LogP contribution >= 0.6 is 11.3 Å². The number of nitrogens with zero attached hydrogens (tertiary/aromatic N) is 2. The molecular formula is C11H15N3OS. The van der Waals surface area contributed by atoms with E-state index in [1.807, 2.05) is 18.5 Å². The third kappa shape index (κ3) is 2.69. The Hall–Kier alpha value is -1.17. The van der Waals surface area contributed by atoms with Crippen molar-refractivity contribution >= 4 is 11.3 Å². The summed E-state index contributed by atoms with van der Waals surface area (Å²) >= 11 is 1.69. The molecule has 0 saturated heterocycles. The van der Waals surface area contributed by atoms with Crippen LogP contribution < -0.4 is 5.73 Å². The van der Waals surface area contributed by atoms with Crippen LogP contribution in [0.15, 0.2) is 29.9 Å². The predicted molar refractivity (Wildman–Crippen MR) is 65.4 cm³/mol. The Morgan fingerprint density at radius 2 is 2.38 bits per heavy atom. The quantitative estimate of drug-likeness (QED) is 0.776. The minimum Gasteiger partial charge on any atom is -0.378 e. The van der Waals surface area contributed by atoms with Gasteiger partial charge in [0.1, 0.15) is 5.82 Å². The second-order valence-electron chi connectivity index (χ2n) is 3.32. The number of hydrogen-bond acceptors (Lipinski definition) is 4. The van der Waals surface area contributed by atoms with Crippen LogP contribution in [0.25, 0.3) is 10.7 Å². The van der Waals surface area contributed by atoms with E-state index in [9.17, 15) is 0 Å². The van der Waals surface area contributed by atoms with E-state index in [-0.39, 0.29) is 0 Å². The Bertz CT molecular complexity index is 411. The average molecular weight is 237 g/mol. The minimum absolute atomic E-state index is 0.571. The highest BCUT2D eigenvalue weighted by Crippen LogP contribution is 2.22. The van der Waals surface area contributed by atoms with Crippen LogP contribution in [0.2, 0.25) is 0 Å². The summed E-state index contributed by atoms with van der Waals surface area (Å²) in [5.41, 5.74) is 5.35. The highest BCUT2D eigenvalue weighted by Gasteiger charge is 2.05. The molecule has 0 aliphatic rings. The summed E-state index contributed by atoms with van der Waals surface area (Å²) in [5.74, 6) is 1.01. The van der Waals surface area contributed by atoms with E-state index < -0.39 is 0 Å². The first-order valence-electron chi connectivity index (χ1n) is 5.24. The van der Waals surface area contributed by atoms with Gasteiger partial charge in [-0.1, -0.05) is 6.07 Å². The van der Waals surface area contributed by atoms with Crippen molar-refractivity contribution < 1.29 is 4.74 Å². The molecule has 0 aliphatic heterocycles. The maximum Gasteiger partial charge on any atom is 0.150 e. The van der Waals surface area contributed by atoms with Crippen molar-refractivity contribution in [1.82, 2.24) is 9.55 Å². The summed E-state index contributed by atoms with van der Waals surface area (Å²) in [7, 11) is 0. The Morgan fingerprint density at radius 1 is 1.44 bits per heavy atom. The third-order valence-corrected chi connectivity index (χ3v) is 3.06. The van der Waals surface area contributed by atoms with Gasteiger partial charge in [0.15, 0.2) is 0 Å². The lowest BCUT2D eigenvalue weighted by molar-refractivity contribution is 0.133. The highest BCUT2D eigenvalue weighted by atomic mass is 32.1. The molecule has 5 heteroatoms. The lowest BCUT2D eigenvalue weighted by atomic mass is 10.4. The molecule has 0 aromatic carbocycles. The molecule has 0 bridgehead atoms. The lowest BCUT2D eigenvalue weighted by Crippen LogP contribution is -2.12. The molecule has 0 fully saturated rings. The van der Waals surface area contributed by atoms with Crippen molar-refractivity contribution in [1.29, 1.82) is 0 Å². The monoisotopic (exact) mass is 237 g/mol. The summed E-state index contributed by atoms with van der Waals surface area (Å²) in [6.45, 7) is 2.67. The summed E-state index contributed by atoms with van der Waals surface area (Å²) in [6, 6.07) is 4.11. The van der Waals surface area contributed by atoms with Crippen molar-refractivity contribution in [3.05, 3.63) is 29.9 Å². The molecule has 2 aromatic heterocycles. The molecule has 2 rings (SSSR count). The minimum atomic E-state index is 0.571.